The number of aliphatic hydroxyl groups is 1. The van der Waals surface area contributed by atoms with Crippen molar-refractivity contribution >= 4 is 11.9 Å². The molecule has 2 rings (SSSR count). The molecule has 7 heteroatoms. The molecule has 0 bridgehead atoms. The Morgan fingerprint density at radius 2 is 2.15 bits per heavy atom. The third-order valence-electron chi connectivity index (χ3n) is 3.38. The molecule has 1 saturated heterocycles. The molecule has 0 aliphatic carbocycles. The van der Waals surface area contributed by atoms with Crippen LogP contribution in [-0.4, -0.2) is 55.9 Å². The number of carboxylic acids is 1. The van der Waals surface area contributed by atoms with Crippen molar-refractivity contribution in [1.82, 2.24) is 15.1 Å². The van der Waals surface area contributed by atoms with Gasteiger partial charge in [-0.05, 0) is 19.4 Å². The average Bonchev–Trinajstić information content (AvgIpc) is 2.80. The Hall–Kier alpha value is -2.02. The highest BCUT2D eigenvalue weighted by Gasteiger charge is 2.39. The Balaban J connectivity index is 2.35. The van der Waals surface area contributed by atoms with E-state index in [1.54, 1.807) is 13.0 Å². The number of aromatic nitrogens is 2. The number of nitrogens with zero attached hydrogens (tertiary/aromatic N) is 3. The maximum Gasteiger partial charge on any atom is 0.326 e. The van der Waals surface area contributed by atoms with Crippen molar-refractivity contribution in [3.8, 4) is 0 Å². The molecule has 1 aliphatic rings. The van der Waals surface area contributed by atoms with Gasteiger partial charge in [0.25, 0.3) is 5.91 Å². The van der Waals surface area contributed by atoms with Gasteiger partial charge in [-0.25, -0.2) is 4.79 Å². The fourth-order valence-corrected chi connectivity index (χ4v) is 2.39. The number of β-amino-alcohol motifs (C(OH)–C–C–N with tert-alkyl or cyclic N) is 1. The van der Waals surface area contributed by atoms with Gasteiger partial charge in [0.05, 0.1) is 23.1 Å². The van der Waals surface area contributed by atoms with E-state index in [0.29, 0.717) is 23.4 Å². The van der Waals surface area contributed by atoms with Crippen molar-refractivity contribution in [2.24, 2.45) is 0 Å². The van der Waals surface area contributed by atoms with Crippen molar-refractivity contribution in [1.29, 1.82) is 0 Å². The Kier molecular flexibility index (Phi) is 3.99. The molecular weight excluding hydrogens is 262 g/mol. The van der Waals surface area contributed by atoms with Gasteiger partial charge in [0, 0.05) is 13.0 Å². The minimum atomic E-state index is -1.10. The van der Waals surface area contributed by atoms with Crippen LogP contribution in [0.2, 0.25) is 0 Å². The molecule has 1 aliphatic heterocycles. The highest BCUT2D eigenvalue weighted by Crippen LogP contribution is 2.22. The lowest BCUT2D eigenvalue weighted by atomic mass is 10.1. The van der Waals surface area contributed by atoms with E-state index in [9.17, 15) is 14.7 Å². The summed E-state index contributed by atoms with van der Waals surface area (Å²) in [5.74, 6) is -1.52. The largest absolute Gasteiger partial charge is 0.480 e. The SMILES string of the molecule is CCc1nnc(C)cc1C(=O)N1C[C@H](O)C[C@H]1C(=O)O. The van der Waals surface area contributed by atoms with Crippen LogP contribution < -0.4 is 0 Å². The highest BCUT2D eigenvalue weighted by atomic mass is 16.4. The van der Waals surface area contributed by atoms with Gasteiger partial charge < -0.3 is 15.1 Å². The van der Waals surface area contributed by atoms with Gasteiger partial charge >= 0.3 is 5.97 Å². The van der Waals surface area contributed by atoms with Gasteiger partial charge in [-0.15, -0.1) is 0 Å². The van der Waals surface area contributed by atoms with E-state index in [2.05, 4.69) is 10.2 Å². The van der Waals surface area contributed by atoms with Crippen molar-refractivity contribution in [2.75, 3.05) is 6.54 Å². The van der Waals surface area contributed by atoms with Gasteiger partial charge in [0.15, 0.2) is 0 Å². The summed E-state index contributed by atoms with van der Waals surface area (Å²) in [6.07, 6.45) is -0.219. The minimum absolute atomic E-state index is 0.0281. The van der Waals surface area contributed by atoms with Gasteiger partial charge in [-0.2, -0.15) is 10.2 Å². The zero-order chi connectivity index (χ0) is 14.9. The number of carbonyl (C=O) groups is 2. The number of rotatable bonds is 3. The predicted octanol–water partition coefficient (Wildman–Crippen LogP) is 0.00742. The Bertz CT molecular complexity index is 546. The van der Waals surface area contributed by atoms with Gasteiger partial charge in [0.2, 0.25) is 0 Å². The second-order valence-corrected chi connectivity index (χ2v) is 4.90. The van der Waals surface area contributed by atoms with Crippen molar-refractivity contribution in [3.63, 3.8) is 0 Å². The molecule has 0 radical (unpaired) electrons. The molecule has 0 unspecified atom stereocenters. The van der Waals surface area contributed by atoms with Crippen LogP contribution >= 0.6 is 0 Å². The molecular formula is C13H17N3O4. The van der Waals surface area contributed by atoms with Crippen LogP contribution in [0.3, 0.4) is 0 Å². The number of aliphatic hydroxyl groups excluding tert-OH is 1. The van der Waals surface area contributed by atoms with Crippen molar-refractivity contribution in [2.45, 2.75) is 38.8 Å². The number of hydrogen-bond donors (Lipinski definition) is 2. The number of amides is 1. The normalized spacial score (nSPS) is 22.1. The van der Waals surface area contributed by atoms with Crippen LogP contribution in [0.5, 0.6) is 0 Å². The lowest BCUT2D eigenvalue weighted by molar-refractivity contribution is -0.141. The van der Waals surface area contributed by atoms with Gasteiger partial charge in [-0.1, -0.05) is 6.92 Å². The first-order valence-corrected chi connectivity index (χ1v) is 6.49. The van der Waals surface area contributed by atoms with Crippen LogP contribution in [0.4, 0.5) is 0 Å². The number of likely N-dealkylation sites (tertiary alicyclic amines) is 1. The van der Waals surface area contributed by atoms with E-state index in [-0.39, 0.29) is 13.0 Å². The molecule has 1 amide bonds. The molecule has 1 aromatic rings. The molecule has 7 nitrogen and oxygen atoms in total. The summed E-state index contributed by atoms with van der Waals surface area (Å²) in [5, 5.41) is 26.6. The first-order chi connectivity index (χ1) is 9.43. The Labute approximate surface area is 116 Å². The summed E-state index contributed by atoms with van der Waals surface area (Å²) in [4.78, 5) is 24.9. The quantitative estimate of drug-likeness (QED) is 0.807. The first-order valence-electron chi connectivity index (χ1n) is 6.49. The lowest BCUT2D eigenvalue weighted by Crippen LogP contribution is -2.41. The van der Waals surface area contributed by atoms with Crippen LogP contribution in [0.15, 0.2) is 6.07 Å². The molecule has 20 heavy (non-hydrogen) atoms. The van der Waals surface area contributed by atoms with Crippen molar-refractivity contribution in [3.05, 3.63) is 23.0 Å². The predicted molar refractivity (Wildman–Crippen MR) is 69.2 cm³/mol. The summed E-state index contributed by atoms with van der Waals surface area (Å²) >= 11 is 0. The first kappa shape index (κ1) is 14.4. The van der Waals surface area contributed by atoms with Crippen LogP contribution in [0.1, 0.15) is 35.1 Å². The van der Waals surface area contributed by atoms with Crippen LogP contribution in [-0.2, 0) is 11.2 Å². The zero-order valence-corrected chi connectivity index (χ0v) is 11.4. The fourth-order valence-electron chi connectivity index (χ4n) is 2.39. The highest BCUT2D eigenvalue weighted by molar-refractivity contribution is 5.98. The van der Waals surface area contributed by atoms with Gasteiger partial charge in [-0.3, -0.25) is 4.79 Å². The van der Waals surface area contributed by atoms with E-state index in [1.165, 1.54) is 4.90 Å². The topological polar surface area (TPSA) is 104 Å². The number of aliphatic carboxylic acids is 1. The summed E-state index contributed by atoms with van der Waals surface area (Å²) in [7, 11) is 0. The maximum absolute atomic E-state index is 12.5. The van der Waals surface area contributed by atoms with Gasteiger partial charge in [0.1, 0.15) is 6.04 Å². The Morgan fingerprint density at radius 1 is 1.45 bits per heavy atom. The monoisotopic (exact) mass is 279 g/mol. The fraction of sp³-hybridized carbons (Fsp3) is 0.538. The summed E-state index contributed by atoms with van der Waals surface area (Å²) in [5.41, 5.74) is 1.49. The van der Waals surface area contributed by atoms with Crippen molar-refractivity contribution < 1.29 is 19.8 Å². The average molecular weight is 279 g/mol. The molecule has 2 atom stereocenters. The van der Waals surface area contributed by atoms with Crippen LogP contribution in [0, 0.1) is 6.92 Å². The molecule has 0 aromatic carbocycles. The molecule has 0 spiro atoms. The summed E-state index contributed by atoms with van der Waals surface area (Å²) < 4.78 is 0. The van der Waals surface area contributed by atoms with E-state index in [1.807, 2.05) is 6.92 Å². The molecule has 108 valence electrons. The number of carboxylic acid groups (broad SMARTS) is 1. The molecule has 0 saturated carbocycles. The minimum Gasteiger partial charge on any atom is -0.480 e. The van der Waals surface area contributed by atoms with E-state index in [4.69, 9.17) is 5.11 Å². The maximum atomic E-state index is 12.5. The van der Waals surface area contributed by atoms with E-state index in [0.717, 1.165) is 0 Å². The van der Waals surface area contributed by atoms with Crippen LogP contribution in [0.25, 0.3) is 0 Å². The van der Waals surface area contributed by atoms with E-state index >= 15 is 0 Å². The number of aryl methyl sites for hydroxylation is 2. The zero-order valence-electron chi connectivity index (χ0n) is 11.4. The summed E-state index contributed by atoms with van der Waals surface area (Å²) in [6, 6.07) is 0.619. The van der Waals surface area contributed by atoms with E-state index < -0.39 is 24.0 Å². The summed E-state index contributed by atoms with van der Waals surface area (Å²) in [6.45, 7) is 3.60. The molecule has 2 heterocycles. The third kappa shape index (κ3) is 2.62. The third-order valence-corrected chi connectivity index (χ3v) is 3.38. The second kappa shape index (κ2) is 5.54. The molecule has 1 aromatic heterocycles. The Morgan fingerprint density at radius 3 is 2.75 bits per heavy atom. The molecule has 1 fully saturated rings. The smallest absolute Gasteiger partial charge is 0.326 e. The number of hydrogen-bond acceptors (Lipinski definition) is 5. The lowest BCUT2D eigenvalue weighted by Gasteiger charge is -2.22. The molecule has 2 N–H and O–H groups in total. The standard InChI is InChI=1S/C13H17N3O4/c1-3-10-9(4-7(2)14-15-10)12(18)16-6-8(17)5-11(16)13(19)20/h4,8,11,17H,3,5-6H2,1-2H3,(H,19,20)/t8-,11+/m1/s1. The second-order valence-electron chi connectivity index (χ2n) is 4.90. The number of carbonyl (C=O) groups excluding carboxylic acids is 1.